The van der Waals surface area contributed by atoms with Gasteiger partial charge in [-0.3, -0.25) is 0 Å². The topological polar surface area (TPSA) is 18.5 Å². The molecular formula is C13H26O2. The largest absolute Gasteiger partial charge is 0.356 e. The molecule has 2 heteroatoms. The minimum absolute atomic E-state index is 0.0529. The van der Waals surface area contributed by atoms with Gasteiger partial charge in [0.05, 0.1) is 0 Å². The second kappa shape index (κ2) is 6.49. The van der Waals surface area contributed by atoms with E-state index in [1.807, 2.05) is 6.92 Å². The fraction of sp³-hybridized carbons (Fsp3) is 1.00. The first-order chi connectivity index (χ1) is 7.13. The zero-order valence-electron chi connectivity index (χ0n) is 10.7. The number of rotatable bonds is 5. The predicted octanol–water partition coefficient (Wildman–Crippen LogP) is 3.46. The molecule has 1 saturated carbocycles. The summed E-state index contributed by atoms with van der Waals surface area (Å²) in [7, 11) is 1.69. The lowest BCUT2D eigenvalue weighted by molar-refractivity contribution is -0.115. The fourth-order valence-corrected chi connectivity index (χ4v) is 2.61. The van der Waals surface area contributed by atoms with E-state index >= 15 is 0 Å². The average molecular weight is 214 g/mol. The van der Waals surface area contributed by atoms with Crippen molar-refractivity contribution >= 4 is 0 Å². The summed E-state index contributed by atoms with van der Waals surface area (Å²) >= 11 is 0. The van der Waals surface area contributed by atoms with Crippen LogP contribution in [-0.4, -0.2) is 20.0 Å². The molecule has 4 atom stereocenters. The standard InChI is InChI=1S/C13H26O2/c1-10-5-6-13(11(2)9-10)7-8-15-12(3)14-4/h10-13H,5-9H2,1-4H3/t10?,11?,12-,13?/m1/s1. The summed E-state index contributed by atoms with van der Waals surface area (Å²) in [5.74, 6) is 2.66. The van der Waals surface area contributed by atoms with E-state index in [0.717, 1.165) is 24.4 Å². The first-order valence-electron chi connectivity index (χ1n) is 6.27. The van der Waals surface area contributed by atoms with E-state index in [0.29, 0.717) is 0 Å². The first kappa shape index (κ1) is 13.0. The number of methoxy groups -OCH3 is 1. The lowest BCUT2D eigenvalue weighted by atomic mass is 9.74. The van der Waals surface area contributed by atoms with Crippen LogP contribution >= 0.6 is 0 Å². The van der Waals surface area contributed by atoms with Gasteiger partial charge in [-0.15, -0.1) is 0 Å². The molecule has 0 N–H and O–H groups in total. The highest BCUT2D eigenvalue weighted by atomic mass is 16.7. The van der Waals surface area contributed by atoms with Crippen LogP contribution in [0.5, 0.6) is 0 Å². The lowest BCUT2D eigenvalue weighted by Crippen LogP contribution is -2.23. The quantitative estimate of drug-likeness (QED) is 0.652. The van der Waals surface area contributed by atoms with Gasteiger partial charge in [0.2, 0.25) is 0 Å². The summed E-state index contributed by atoms with van der Waals surface area (Å²) in [6.45, 7) is 7.56. The molecular weight excluding hydrogens is 188 g/mol. The maximum Gasteiger partial charge on any atom is 0.154 e. The SMILES string of the molecule is CO[C@@H](C)OCCC1CCC(C)CC1C. The molecule has 1 fully saturated rings. The van der Waals surface area contributed by atoms with Crippen LogP contribution in [0.25, 0.3) is 0 Å². The maximum absolute atomic E-state index is 5.55. The summed E-state index contributed by atoms with van der Waals surface area (Å²) in [6.07, 6.45) is 5.32. The Morgan fingerprint density at radius 2 is 2.00 bits per heavy atom. The highest BCUT2D eigenvalue weighted by molar-refractivity contribution is 4.75. The second-order valence-corrected chi connectivity index (χ2v) is 5.12. The van der Waals surface area contributed by atoms with Crippen molar-refractivity contribution in [2.45, 2.75) is 52.7 Å². The highest BCUT2D eigenvalue weighted by Gasteiger charge is 2.24. The van der Waals surface area contributed by atoms with E-state index in [4.69, 9.17) is 9.47 Å². The Morgan fingerprint density at radius 3 is 2.60 bits per heavy atom. The van der Waals surface area contributed by atoms with Gasteiger partial charge in [0.25, 0.3) is 0 Å². The van der Waals surface area contributed by atoms with Gasteiger partial charge in [0.15, 0.2) is 6.29 Å². The van der Waals surface area contributed by atoms with Crippen molar-refractivity contribution in [1.82, 2.24) is 0 Å². The minimum atomic E-state index is -0.0529. The van der Waals surface area contributed by atoms with E-state index < -0.39 is 0 Å². The van der Waals surface area contributed by atoms with Crippen LogP contribution in [0.4, 0.5) is 0 Å². The number of hydrogen-bond acceptors (Lipinski definition) is 2. The van der Waals surface area contributed by atoms with Gasteiger partial charge >= 0.3 is 0 Å². The van der Waals surface area contributed by atoms with Crippen molar-refractivity contribution in [3.8, 4) is 0 Å². The van der Waals surface area contributed by atoms with Gasteiger partial charge < -0.3 is 9.47 Å². The summed E-state index contributed by atoms with van der Waals surface area (Å²) in [4.78, 5) is 0. The molecule has 1 aliphatic carbocycles. The van der Waals surface area contributed by atoms with Crippen molar-refractivity contribution in [3.63, 3.8) is 0 Å². The van der Waals surface area contributed by atoms with Crippen LogP contribution in [0.2, 0.25) is 0 Å². The number of hydrogen-bond donors (Lipinski definition) is 0. The van der Waals surface area contributed by atoms with E-state index in [1.165, 1.54) is 25.7 Å². The minimum Gasteiger partial charge on any atom is -0.356 e. The normalized spacial score (nSPS) is 34.0. The summed E-state index contributed by atoms with van der Waals surface area (Å²) < 4.78 is 10.6. The Morgan fingerprint density at radius 1 is 1.27 bits per heavy atom. The highest BCUT2D eigenvalue weighted by Crippen LogP contribution is 2.35. The van der Waals surface area contributed by atoms with E-state index in [9.17, 15) is 0 Å². The van der Waals surface area contributed by atoms with Crippen LogP contribution in [0.3, 0.4) is 0 Å². The third-order valence-electron chi connectivity index (χ3n) is 3.78. The van der Waals surface area contributed by atoms with Gasteiger partial charge in [-0.1, -0.05) is 20.3 Å². The van der Waals surface area contributed by atoms with Gasteiger partial charge in [-0.05, 0) is 43.9 Å². The molecule has 2 nitrogen and oxygen atoms in total. The Balaban J connectivity index is 2.15. The van der Waals surface area contributed by atoms with Crippen LogP contribution in [-0.2, 0) is 9.47 Å². The maximum atomic E-state index is 5.55. The Kier molecular flexibility index (Phi) is 5.62. The summed E-state index contributed by atoms with van der Waals surface area (Å²) in [6, 6.07) is 0. The Bertz CT molecular complexity index is 170. The average Bonchev–Trinajstić information content (AvgIpc) is 2.21. The Hall–Kier alpha value is -0.0800. The molecule has 90 valence electrons. The predicted molar refractivity (Wildman–Crippen MR) is 62.7 cm³/mol. The first-order valence-corrected chi connectivity index (χ1v) is 6.27. The molecule has 0 aromatic rings. The molecule has 15 heavy (non-hydrogen) atoms. The third-order valence-corrected chi connectivity index (χ3v) is 3.78. The van der Waals surface area contributed by atoms with E-state index in [1.54, 1.807) is 7.11 Å². The molecule has 1 aliphatic rings. The van der Waals surface area contributed by atoms with Crippen molar-refractivity contribution in [1.29, 1.82) is 0 Å². The second-order valence-electron chi connectivity index (χ2n) is 5.12. The van der Waals surface area contributed by atoms with Crippen LogP contribution in [0.15, 0.2) is 0 Å². The zero-order chi connectivity index (χ0) is 11.3. The molecule has 1 rings (SSSR count). The van der Waals surface area contributed by atoms with E-state index in [2.05, 4.69) is 13.8 Å². The van der Waals surface area contributed by atoms with Gasteiger partial charge in [0.1, 0.15) is 0 Å². The Labute approximate surface area is 94.3 Å². The number of ether oxygens (including phenoxy) is 2. The van der Waals surface area contributed by atoms with Gasteiger partial charge in [-0.25, -0.2) is 0 Å². The molecule has 0 bridgehead atoms. The molecule has 0 radical (unpaired) electrons. The molecule has 0 aliphatic heterocycles. The van der Waals surface area contributed by atoms with Gasteiger partial charge in [-0.2, -0.15) is 0 Å². The third kappa shape index (κ3) is 4.52. The fourth-order valence-electron chi connectivity index (χ4n) is 2.61. The molecule has 3 unspecified atom stereocenters. The molecule has 0 aromatic carbocycles. The van der Waals surface area contributed by atoms with Crippen molar-refractivity contribution < 1.29 is 9.47 Å². The molecule has 0 spiro atoms. The summed E-state index contributed by atoms with van der Waals surface area (Å²) in [5.41, 5.74) is 0. The van der Waals surface area contributed by atoms with Crippen LogP contribution in [0.1, 0.15) is 46.5 Å². The van der Waals surface area contributed by atoms with Crippen molar-refractivity contribution in [2.24, 2.45) is 17.8 Å². The molecule has 0 amide bonds. The molecule has 0 saturated heterocycles. The smallest absolute Gasteiger partial charge is 0.154 e. The van der Waals surface area contributed by atoms with Gasteiger partial charge in [0, 0.05) is 13.7 Å². The van der Waals surface area contributed by atoms with E-state index in [-0.39, 0.29) is 6.29 Å². The lowest BCUT2D eigenvalue weighted by Gasteiger charge is -2.32. The van der Waals surface area contributed by atoms with Crippen molar-refractivity contribution in [2.75, 3.05) is 13.7 Å². The monoisotopic (exact) mass is 214 g/mol. The van der Waals surface area contributed by atoms with Crippen LogP contribution < -0.4 is 0 Å². The molecule has 0 heterocycles. The van der Waals surface area contributed by atoms with Crippen LogP contribution in [0, 0.1) is 17.8 Å². The summed E-state index contributed by atoms with van der Waals surface area (Å²) in [5, 5.41) is 0. The zero-order valence-corrected chi connectivity index (χ0v) is 10.7. The van der Waals surface area contributed by atoms with Crippen molar-refractivity contribution in [3.05, 3.63) is 0 Å². The molecule has 0 aromatic heterocycles.